The van der Waals surface area contributed by atoms with Crippen molar-refractivity contribution in [3.8, 4) is 11.9 Å². The molecule has 0 spiro atoms. The van der Waals surface area contributed by atoms with Gasteiger partial charge in [-0.25, -0.2) is 4.98 Å². The number of fused-ring (bicyclic) bond motifs is 1. The van der Waals surface area contributed by atoms with Crippen molar-refractivity contribution >= 4 is 5.65 Å². The van der Waals surface area contributed by atoms with E-state index in [2.05, 4.69) is 16.2 Å². The van der Waals surface area contributed by atoms with Crippen LogP contribution in [0.3, 0.4) is 0 Å². The van der Waals surface area contributed by atoms with E-state index < -0.39 is 0 Å². The Kier molecular flexibility index (Phi) is 3.76. The predicted molar refractivity (Wildman–Crippen MR) is 92.1 cm³/mol. The second-order valence-corrected chi connectivity index (χ2v) is 7.00. The molecule has 0 aliphatic rings. The molecule has 0 aliphatic carbocycles. The van der Waals surface area contributed by atoms with Gasteiger partial charge in [0.1, 0.15) is 11.6 Å². The number of nitriles is 1. The molecule has 3 rings (SSSR count). The SMILES string of the molecule is Cc1c(Cc2ccccc2)c(O)n2nc(C(C)(C)C)nc2c1C#N. The number of aromatic hydroxyl groups is 1. The molecule has 122 valence electrons. The summed E-state index contributed by atoms with van der Waals surface area (Å²) in [5.41, 5.74) is 3.12. The van der Waals surface area contributed by atoms with Crippen LogP contribution in [0.1, 0.15) is 48.8 Å². The van der Waals surface area contributed by atoms with Crippen molar-refractivity contribution in [3.63, 3.8) is 0 Å². The fourth-order valence-electron chi connectivity index (χ4n) is 2.70. The van der Waals surface area contributed by atoms with Gasteiger partial charge in [-0.05, 0) is 18.1 Å². The molecule has 5 heteroatoms. The van der Waals surface area contributed by atoms with E-state index >= 15 is 0 Å². The molecule has 0 amide bonds. The molecule has 0 unspecified atom stereocenters. The fraction of sp³-hybridized carbons (Fsp3) is 0.316. The van der Waals surface area contributed by atoms with Gasteiger partial charge in [-0.2, -0.15) is 9.78 Å². The average Bonchev–Trinajstić information content (AvgIpc) is 2.98. The molecule has 0 aliphatic heterocycles. The van der Waals surface area contributed by atoms with E-state index in [0.29, 0.717) is 29.0 Å². The van der Waals surface area contributed by atoms with Crippen molar-refractivity contribution in [1.82, 2.24) is 14.6 Å². The minimum Gasteiger partial charge on any atom is -0.493 e. The maximum atomic E-state index is 10.7. The molecular formula is C19H20N4O. The quantitative estimate of drug-likeness (QED) is 0.784. The normalized spacial score (nSPS) is 11.6. The molecule has 2 aromatic heterocycles. The second kappa shape index (κ2) is 5.64. The molecule has 24 heavy (non-hydrogen) atoms. The summed E-state index contributed by atoms with van der Waals surface area (Å²) in [6.07, 6.45) is 0.536. The van der Waals surface area contributed by atoms with Crippen LogP contribution < -0.4 is 0 Å². The monoisotopic (exact) mass is 320 g/mol. The highest BCUT2D eigenvalue weighted by Gasteiger charge is 2.25. The first kappa shape index (κ1) is 16.0. The Morgan fingerprint density at radius 3 is 2.46 bits per heavy atom. The van der Waals surface area contributed by atoms with Crippen LogP contribution >= 0.6 is 0 Å². The van der Waals surface area contributed by atoms with Gasteiger partial charge >= 0.3 is 0 Å². The fourth-order valence-corrected chi connectivity index (χ4v) is 2.70. The lowest BCUT2D eigenvalue weighted by molar-refractivity contribution is 0.426. The summed E-state index contributed by atoms with van der Waals surface area (Å²) in [6, 6.07) is 12.1. The largest absolute Gasteiger partial charge is 0.493 e. The number of hydrogen-bond acceptors (Lipinski definition) is 4. The highest BCUT2D eigenvalue weighted by molar-refractivity contribution is 5.64. The summed E-state index contributed by atoms with van der Waals surface area (Å²) in [5.74, 6) is 0.652. The molecule has 1 aromatic carbocycles. The first-order chi connectivity index (χ1) is 11.3. The van der Waals surface area contributed by atoms with Gasteiger partial charge in [0, 0.05) is 17.4 Å². The Balaban J connectivity index is 2.26. The molecule has 0 fully saturated rings. The van der Waals surface area contributed by atoms with Crippen LogP contribution in [0.5, 0.6) is 5.88 Å². The van der Waals surface area contributed by atoms with Gasteiger partial charge in [-0.1, -0.05) is 51.1 Å². The second-order valence-electron chi connectivity index (χ2n) is 7.00. The van der Waals surface area contributed by atoms with Gasteiger partial charge in [0.2, 0.25) is 5.88 Å². The number of aromatic nitrogens is 3. The molecule has 5 nitrogen and oxygen atoms in total. The van der Waals surface area contributed by atoms with Gasteiger partial charge in [0.05, 0.1) is 0 Å². The third kappa shape index (κ3) is 2.61. The van der Waals surface area contributed by atoms with Gasteiger partial charge in [-0.3, -0.25) is 0 Å². The number of hydrogen-bond donors (Lipinski definition) is 1. The van der Waals surface area contributed by atoms with E-state index in [4.69, 9.17) is 0 Å². The van der Waals surface area contributed by atoms with Gasteiger partial charge in [0.15, 0.2) is 11.5 Å². The molecule has 3 aromatic rings. The van der Waals surface area contributed by atoms with Crippen molar-refractivity contribution in [2.24, 2.45) is 0 Å². The third-order valence-electron chi connectivity index (χ3n) is 4.14. The Hall–Kier alpha value is -2.87. The maximum Gasteiger partial charge on any atom is 0.217 e. The standard InChI is InChI=1S/C19H20N4O/c1-12-14(10-13-8-6-5-7-9-13)17(24)23-16(15(12)11-20)21-18(22-23)19(2,3)4/h5-9,24H,10H2,1-4H3. The lowest BCUT2D eigenvalue weighted by Crippen LogP contribution is -2.13. The van der Waals surface area contributed by atoms with Crippen LogP contribution in [0.4, 0.5) is 0 Å². The lowest BCUT2D eigenvalue weighted by atomic mass is 9.96. The van der Waals surface area contributed by atoms with Crippen LogP contribution in [0.25, 0.3) is 5.65 Å². The number of pyridine rings is 1. The minimum absolute atomic E-state index is 0.0494. The number of benzene rings is 1. The molecule has 0 saturated heterocycles. The summed E-state index contributed by atoms with van der Waals surface area (Å²) in [6.45, 7) is 7.86. The topological polar surface area (TPSA) is 74.2 Å². The number of nitrogens with zero attached hydrogens (tertiary/aromatic N) is 4. The molecular weight excluding hydrogens is 300 g/mol. The van der Waals surface area contributed by atoms with Crippen molar-refractivity contribution in [3.05, 3.63) is 58.4 Å². The Labute approximate surface area is 141 Å². The smallest absolute Gasteiger partial charge is 0.217 e. The van der Waals surface area contributed by atoms with E-state index in [1.165, 1.54) is 4.52 Å². The first-order valence-corrected chi connectivity index (χ1v) is 7.88. The van der Waals surface area contributed by atoms with E-state index in [-0.39, 0.29) is 11.3 Å². The van der Waals surface area contributed by atoms with E-state index in [9.17, 15) is 10.4 Å². The zero-order valence-corrected chi connectivity index (χ0v) is 14.3. The third-order valence-corrected chi connectivity index (χ3v) is 4.14. The van der Waals surface area contributed by atoms with Crippen LogP contribution in [-0.4, -0.2) is 19.7 Å². The highest BCUT2D eigenvalue weighted by atomic mass is 16.3. The predicted octanol–water partition coefficient (Wildman–Crippen LogP) is 3.50. The summed E-state index contributed by atoms with van der Waals surface area (Å²) in [4.78, 5) is 4.49. The van der Waals surface area contributed by atoms with Crippen LogP contribution in [-0.2, 0) is 11.8 Å². The number of rotatable bonds is 2. The van der Waals surface area contributed by atoms with Crippen LogP contribution in [0, 0.1) is 18.3 Å². The van der Waals surface area contributed by atoms with Gasteiger partial charge in [-0.15, -0.1) is 5.10 Å². The van der Waals surface area contributed by atoms with E-state index in [1.54, 1.807) is 0 Å². The minimum atomic E-state index is -0.265. The van der Waals surface area contributed by atoms with Gasteiger partial charge in [0.25, 0.3) is 0 Å². The Morgan fingerprint density at radius 2 is 1.88 bits per heavy atom. The Bertz CT molecular complexity index is 944. The molecule has 0 radical (unpaired) electrons. The first-order valence-electron chi connectivity index (χ1n) is 7.88. The van der Waals surface area contributed by atoms with Crippen molar-refractivity contribution < 1.29 is 5.11 Å². The molecule has 2 heterocycles. The highest BCUT2D eigenvalue weighted by Crippen LogP contribution is 2.30. The van der Waals surface area contributed by atoms with Crippen molar-refractivity contribution in [1.29, 1.82) is 5.26 Å². The van der Waals surface area contributed by atoms with Crippen molar-refractivity contribution in [2.45, 2.75) is 39.5 Å². The summed E-state index contributed by atoms with van der Waals surface area (Å²) < 4.78 is 1.39. The van der Waals surface area contributed by atoms with Crippen LogP contribution in [0.15, 0.2) is 30.3 Å². The Morgan fingerprint density at radius 1 is 1.21 bits per heavy atom. The maximum absolute atomic E-state index is 10.7. The summed E-state index contributed by atoms with van der Waals surface area (Å²) >= 11 is 0. The molecule has 0 saturated carbocycles. The van der Waals surface area contributed by atoms with Gasteiger partial charge < -0.3 is 5.11 Å². The zero-order valence-electron chi connectivity index (χ0n) is 14.3. The molecule has 0 bridgehead atoms. The summed E-state index contributed by atoms with van der Waals surface area (Å²) in [5, 5.41) is 24.8. The van der Waals surface area contributed by atoms with Crippen LogP contribution in [0.2, 0.25) is 0 Å². The molecule has 1 N–H and O–H groups in total. The lowest BCUT2D eigenvalue weighted by Gasteiger charge is -2.12. The average molecular weight is 320 g/mol. The van der Waals surface area contributed by atoms with E-state index in [0.717, 1.165) is 11.1 Å². The van der Waals surface area contributed by atoms with E-state index in [1.807, 2.05) is 58.0 Å². The van der Waals surface area contributed by atoms with Crippen molar-refractivity contribution in [2.75, 3.05) is 0 Å². The zero-order chi connectivity index (χ0) is 17.5. The molecule has 0 atom stereocenters. The summed E-state index contributed by atoms with van der Waals surface area (Å²) in [7, 11) is 0.